The Bertz CT molecular complexity index is 418. The van der Waals surface area contributed by atoms with Crippen LogP contribution in [0, 0.1) is 11.3 Å². The minimum absolute atomic E-state index is 0.169. The molecule has 0 fully saturated rings. The van der Waals surface area contributed by atoms with Crippen LogP contribution in [-0.2, 0) is 0 Å². The summed E-state index contributed by atoms with van der Waals surface area (Å²) in [5.41, 5.74) is 0.646. The van der Waals surface area contributed by atoms with Crippen molar-refractivity contribution in [3.05, 3.63) is 28.8 Å². The van der Waals surface area contributed by atoms with E-state index in [2.05, 4.69) is 0 Å². The molecule has 0 amide bonds. The van der Waals surface area contributed by atoms with Crippen molar-refractivity contribution in [2.75, 3.05) is 7.11 Å². The van der Waals surface area contributed by atoms with Crippen LogP contribution in [0.5, 0.6) is 5.75 Å². The fourth-order valence-corrected chi connectivity index (χ4v) is 1.08. The lowest BCUT2D eigenvalue weighted by Crippen LogP contribution is -1.96. The van der Waals surface area contributed by atoms with Crippen LogP contribution in [0.1, 0.15) is 26.3 Å². The van der Waals surface area contributed by atoms with Crippen molar-refractivity contribution < 1.29 is 14.3 Å². The molecule has 0 atom stereocenters. The Morgan fingerprint density at radius 1 is 1.29 bits per heavy atom. The molecular formula is C10H7NO3. The van der Waals surface area contributed by atoms with Gasteiger partial charge in [0.25, 0.3) is 0 Å². The summed E-state index contributed by atoms with van der Waals surface area (Å²) in [6, 6.07) is 4.53. The molecule has 4 nitrogen and oxygen atoms in total. The van der Waals surface area contributed by atoms with Crippen molar-refractivity contribution in [2.24, 2.45) is 0 Å². The molecule has 0 saturated heterocycles. The molecule has 1 rings (SSSR count). The van der Waals surface area contributed by atoms with E-state index in [1.807, 2.05) is 6.07 Å². The standard InChI is InChI=1S/C10H7NO3/c1-14-10-3-8(5-12)7(4-11)2-9(10)6-13/h2-3,5-6H,1H3. The SMILES string of the molecule is COc1cc(C=O)c(C#N)cc1C=O. The van der Waals surface area contributed by atoms with Crippen LogP contribution in [0.15, 0.2) is 12.1 Å². The third kappa shape index (κ3) is 1.62. The zero-order chi connectivity index (χ0) is 10.6. The number of nitriles is 1. The lowest BCUT2D eigenvalue weighted by Gasteiger charge is -2.04. The maximum atomic E-state index is 10.6. The molecule has 1 aromatic carbocycles. The van der Waals surface area contributed by atoms with Crippen molar-refractivity contribution in [3.63, 3.8) is 0 Å². The van der Waals surface area contributed by atoms with E-state index < -0.39 is 0 Å². The van der Waals surface area contributed by atoms with Gasteiger partial charge < -0.3 is 4.74 Å². The Labute approximate surface area is 80.7 Å². The second kappa shape index (κ2) is 4.19. The van der Waals surface area contributed by atoms with E-state index in [-0.39, 0.29) is 16.7 Å². The topological polar surface area (TPSA) is 67.2 Å². The predicted octanol–water partition coefficient (Wildman–Crippen LogP) is 1.19. The highest BCUT2D eigenvalue weighted by Gasteiger charge is 2.08. The Morgan fingerprint density at radius 2 is 1.93 bits per heavy atom. The monoisotopic (exact) mass is 189 g/mol. The first kappa shape index (κ1) is 9.93. The second-order valence-electron chi connectivity index (χ2n) is 2.53. The molecule has 0 aromatic heterocycles. The van der Waals surface area contributed by atoms with Gasteiger partial charge >= 0.3 is 0 Å². The number of nitrogens with zero attached hydrogens (tertiary/aromatic N) is 1. The Morgan fingerprint density at radius 3 is 2.36 bits per heavy atom. The van der Waals surface area contributed by atoms with E-state index in [1.54, 1.807) is 0 Å². The molecule has 0 aliphatic heterocycles. The number of benzene rings is 1. The van der Waals surface area contributed by atoms with Gasteiger partial charge in [-0.05, 0) is 12.1 Å². The quantitative estimate of drug-likeness (QED) is 0.670. The average Bonchev–Trinajstić information content (AvgIpc) is 2.26. The van der Waals surface area contributed by atoms with E-state index in [4.69, 9.17) is 10.00 Å². The maximum absolute atomic E-state index is 10.6. The predicted molar refractivity (Wildman–Crippen MR) is 48.5 cm³/mol. The molecule has 0 aliphatic rings. The maximum Gasteiger partial charge on any atom is 0.153 e. The van der Waals surface area contributed by atoms with Gasteiger partial charge in [-0.15, -0.1) is 0 Å². The fraction of sp³-hybridized carbons (Fsp3) is 0.100. The fourth-order valence-electron chi connectivity index (χ4n) is 1.08. The van der Waals surface area contributed by atoms with Crippen molar-refractivity contribution in [1.82, 2.24) is 0 Å². The largest absolute Gasteiger partial charge is 0.496 e. The van der Waals surface area contributed by atoms with E-state index in [1.165, 1.54) is 19.2 Å². The zero-order valence-corrected chi connectivity index (χ0v) is 7.48. The highest BCUT2D eigenvalue weighted by atomic mass is 16.5. The number of aldehydes is 2. The highest BCUT2D eigenvalue weighted by molar-refractivity contribution is 5.86. The summed E-state index contributed by atoms with van der Waals surface area (Å²) in [6.07, 6.45) is 1.13. The van der Waals surface area contributed by atoms with Gasteiger partial charge in [0, 0.05) is 5.56 Å². The molecule has 0 N–H and O–H groups in total. The molecule has 0 aliphatic carbocycles. The van der Waals surface area contributed by atoms with E-state index in [0.717, 1.165) is 0 Å². The molecule has 0 bridgehead atoms. The molecule has 0 saturated carbocycles. The first-order valence-corrected chi connectivity index (χ1v) is 3.79. The lowest BCUT2D eigenvalue weighted by molar-refractivity contribution is 0.111. The number of hydrogen-bond acceptors (Lipinski definition) is 4. The van der Waals surface area contributed by atoms with Gasteiger partial charge in [-0.1, -0.05) is 0 Å². The molecule has 70 valence electrons. The van der Waals surface area contributed by atoms with Crippen LogP contribution < -0.4 is 4.74 Å². The number of hydrogen-bond donors (Lipinski definition) is 0. The van der Waals surface area contributed by atoms with E-state index in [9.17, 15) is 9.59 Å². The van der Waals surface area contributed by atoms with E-state index >= 15 is 0 Å². The van der Waals surface area contributed by atoms with Gasteiger partial charge in [0.05, 0.1) is 24.3 Å². The Balaban J connectivity index is 3.44. The van der Waals surface area contributed by atoms with Crippen molar-refractivity contribution in [2.45, 2.75) is 0 Å². The Hall–Kier alpha value is -2.15. The average molecular weight is 189 g/mol. The first-order valence-electron chi connectivity index (χ1n) is 3.79. The molecule has 4 heteroatoms. The van der Waals surface area contributed by atoms with E-state index in [0.29, 0.717) is 18.3 Å². The summed E-state index contributed by atoms with van der Waals surface area (Å²) in [5.74, 6) is 0.293. The molecule has 0 radical (unpaired) electrons. The van der Waals surface area contributed by atoms with Crippen molar-refractivity contribution >= 4 is 12.6 Å². The third-order valence-electron chi connectivity index (χ3n) is 1.78. The molecule has 1 aromatic rings. The summed E-state index contributed by atoms with van der Waals surface area (Å²) < 4.78 is 4.88. The van der Waals surface area contributed by atoms with Gasteiger partial charge in [0.15, 0.2) is 12.6 Å². The van der Waals surface area contributed by atoms with Crippen LogP contribution in [0.4, 0.5) is 0 Å². The van der Waals surface area contributed by atoms with Crippen molar-refractivity contribution in [1.29, 1.82) is 5.26 Å². The van der Waals surface area contributed by atoms with Crippen LogP contribution in [-0.4, -0.2) is 19.7 Å². The third-order valence-corrected chi connectivity index (χ3v) is 1.78. The van der Waals surface area contributed by atoms with Gasteiger partial charge in [-0.3, -0.25) is 9.59 Å². The summed E-state index contributed by atoms with van der Waals surface area (Å²) in [7, 11) is 1.39. The Kier molecular flexibility index (Phi) is 2.97. The first-order chi connectivity index (χ1) is 6.76. The highest BCUT2D eigenvalue weighted by Crippen LogP contribution is 2.20. The minimum atomic E-state index is 0.169. The zero-order valence-electron chi connectivity index (χ0n) is 7.48. The summed E-state index contributed by atoms with van der Waals surface area (Å²) in [5, 5.41) is 8.67. The summed E-state index contributed by atoms with van der Waals surface area (Å²) in [6.45, 7) is 0. The number of methoxy groups -OCH3 is 1. The van der Waals surface area contributed by atoms with Crippen LogP contribution in [0.25, 0.3) is 0 Å². The summed E-state index contributed by atoms with van der Waals surface area (Å²) in [4.78, 5) is 21.1. The number of ether oxygens (including phenoxy) is 1. The number of carbonyl (C=O) groups excluding carboxylic acids is 2. The van der Waals surface area contributed by atoms with Crippen LogP contribution in [0.3, 0.4) is 0 Å². The van der Waals surface area contributed by atoms with Gasteiger partial charge in [0.1, 0.15) is 5.75 Å². The van der Waals surface area contributed by atoms with Crippen LogP contribution in [0.2, 0.25) is 0 Å². The smallest absolute Gasteiger partial charge is 0.153 e. The minimum Gasteiger partial charge on any atom is -0.496 e. The number of carbonyl (C=O) groups is 2. The van der Waals surface area contributed by atoms with Gasteiger partial charge in [-0.25, -0.2) is 0 Å². The molecule has 0 heterocycles. The van der Waals surface area contributed by atoms with Crippen LogP contribution >= 0.6 is 0 Å². The molecule has 0 unspecified atom stereocenters. The molecule has 14 heavy (non-hydrogen) atoms. The number of rotatable bonds is 3. The second-order valence-corrected chi connectivity index (χ2v) is 2.53. The molecular weight excluding hydrogens is 182 g/mol. The van der Waals surface area contributed by atoms with Gasteiger partial charge in [0.2, 0.25) is 0 Å². The lowest BCUT2D eigenvalue weighted by atomic mass is 10.1. The van der Waals surface area contributed by atoms with Crippen molar-refractivity contribution in [3.8, 4) is 11.8 Å². The normalized spacial score (nSPS) is 8.86. The molecule has 0 spiro atoms. The van der Waals surface area contributed by atoms with Gasteiger partial charge in [-0.2, -0.15) is 5.26 Å². The summed E-state index contributed by atoms with van der Waals surface area (Å²) >= 11 is 0.